The van der Waals surface area contributed by atoms with Crippen molar-refractivity contribution in [3.05, 3.63) is 120 Å². The summed E-state index contributed by atoms with van der Waals surface area (Å²) in [6, 6.07) is 33.7. The SMILES string of the molecule is Cc1c(-c2ccc3sc4ccccc4c3c2)n[n+]2n1-c1cccc3c1C21c2c(cccc2Oc2cccc[n+]21)O3. The molecule has 0 amide bonds. The molecule has 1 atom stereocenters. The molecular formula is C33H20N4O2S+2. The van der Waals surface area contributed by atoms with Crippen molar-refractivity contribution in [3.8, 4) is 40.1 Å². The first-order valence-corrected chi connectivity index (χ1v) is 14.1. The summed E-state index contributed by atoms with van der Waals surface area (Å²) >= 11 is 1.83. The van der Waals surface area contributed by atoms with E-state index in [0.29, 0.717) is 0 Å². The van der Waals surface area contributed by atoms with Crippen LogP contribution in [0.5, 0.6) is 23.1 Å². The summed E-state index contributed by atoms with van der Waals surface area (Å²) in [6.45, 7) is 2.16. The van der Waals surface area contributed by atoms with Gasteiger partial charge in [-0.1, -0.05) is 45.6 Å². The Morgan fingerprint density at radius 1 is 0.750 bits per heavy atom. The molecule has 0 saturated carbocycles. The molecule has 0 saturated heterocycles. The third-order valence-corrected chi connectivity index (χ3v) is 9.66. The largest absolute Gasteiger partial charge is 0.477 e. The van der Waals surface area contributed by atoms with E-state index in [0.717, 1.165) is 56.9 Å². The molecule has 0 radical (unpaired) electrons. The standard InChI is InChI=1S/C33H20N4O2S/c1-19-32(20-15-16-28-22(18-20)21-8-2-3-13-27(21)40-28)34-37-33-30-23(36(19)37)9-6-10-24(30)38-25-11-7-12-26(31(25)33)39-29-14-4-5-17-35(29)33/h2-18H,1H3/q+2. The first-order chi connectivity index (χ1) is 19.7. The minimum absolute atomic E-state index is 0.754. The molecule has 6 nitrogen and oxygen atoms in total. The first-order valence-electron chi connectivity index (χ1n) is 13.3. The second-order valence-electron chi connectivity index (χ2n) is 10.5. The minimum atomic E-state index is -0.798. The van der Waals surface area contributed by atoms with Crippen LogP contribution in [0.25, 0.3) is 37.1 Å². The maximum absolute atomic E-state index is 6.51. The summed E-state index contributed by atoms with van der Waals surface area (Å²) in [6.07, 6.45) is 2.08. The molecule has 0 aliphatic carbocycles. The van der Waals surface area contributed by atoms with E-state index in [1.165, 1.54) is 20.2 Å². The van der Waals surface area contributed by atoms with Gasteiger partial charge >= 0.3 is 11.5 Å². The molecule has 3 aromatic heterocycles. The Hall–Kier alpha value is -5.01. The second-order valence-corrected chi connectivity index (χ2v) is 11.6. The van der Waals surface area contributed by atoms with E-state index >= 15 is 0 Å². The van der Waals surface area contributed by atoms with Gasteiger partial charge in [0.15, 0.2) is 28.8 Å². The number of thiophene rings is 1. The zero-order chi connectivity index (χ0) is 26.2. The molecule has 40 heavy (non-hydrogen) atoms. The Morgan fingerprint density at radius 2 is 1.52 bits per heavy atom. The van der Waals surface area contributed by atoms with E-state index in [4.69, 9.17) is 14.6 Å². The normalized spacial score (nSPS) is 17.1. The second kappa shape index (κ2) is 6.94. The van der Waals surface area contributed by atoms with Crippen LogP contribution in [0.2, 0.25) is 0 Å². The summed E-state index contributed by atoms with van der Waals surface area (Å²) in [4.78, 5) is 2.14. The van der Waals surface area contributed by atoms with Crippen molar-refractivity contribution in [2.24, 2.45) is 0 Å². The number of aromatic nitrogens is 4. The lowest BCUT2D eigenvalue weighted by Gasteiger charge is -2.30. The Labute approximate surface area is 232 Å². The highest BCUT2D eigenvalue weighted by molar-refractivity contribution is 7.25. The van der Waals surface area contributed by atoms with Crippen LogP contribution < -0.4 is 18.8 Å². The van der Waals surface area contributed by atoms with Crippen LogP contribution in [0, 0.1) is 6.92 Å². The molecule has 0 bridgehead atoms. The average Bonchev–Trinajstić information content (AvgIpc) is 3.62. The third-order valence-electron chi connectivity index (χ3n) is 8.51. The zero-order valence-corrected chi connectivity index (χ0v) is 22.1. The van der Waals surface area contributed by atoms with E-state index < -0.39 is 5.66 Å². The van der Waals surface area contributed by atoms with Crippen molar-refractivity contribution < 1.29 is 18.8 Å². The van der Waals surface area contributed by atoms with Crippen molar-refractivity contribution in [2.75, 3.05) is 0 Å². The number of ether oxygens (including phenoxy) is 2. The quantitative estimate of drug-likeness (QED) is 0.222. The van der Waals surface area contributed by atoms with Crippen molar-refractivity contribution >= 4 is 31.5 Å². The van der Waals surface area contributed by atoms with Gasteiger partial charge in [0.2, 0.25) is 0 Å². The Morgan fingerprint density at radius 3 is 2.45 bits per heavy atom. The van der Waals surface area contributed by atoms with Gasteiger partial charge in [-0.05, 0) is 55.5 Å². The monoisotopic (exact) mass is 536 g/mol. The number of fused-ring (bicyclic) bond motifs is 6. The summed E-state index contributed by atoms with van der Waals surface area (Å²) in [5.41, 5.74) is 5.41. The molecule has 7 aromatic rings. The van der Waals surface area contributed by atoms with Gasteiger partial charge in [0, 0.05) is 36.9 Å². The summed E-state index contributed by atoms with van der Waals surface area (Å²) in [5.74, 6) is 3.14. The van der Waals surface area contributed by atoms with Crippen LogP contribution >= 0.6 is 11.3 Å². The molecule has 3 aliphatic rings. The van der Waals surface area contributed by atoms with Gasteiger partial charge in [0.25, 0.3) is 0 Å². The number of hydrogen-bond acceptors (Lipinski definition) is 4. The maximum Gasteiger partial charge on any atom is 0.477 e. The molecule has 188 valence electrons. The number of benzene rings is 4. The van der Waals surface area contributed by atoms with Crippen LogP contribution in [0.3, 0.4) is 0 Å². The highest BCUT2D eigenvalue weighted by atomic mass is 32.1. The molecule has 3 aliphatic heterocycles. The van der Waals surface area contributed by atoms with Crippen LogP contribution in [0.15, 0.2) is 103 Å². The first kappa shape index (κ1) is 20.9. The summed E-state index contributed by atoms with van der Waals surface area (Å²) < 4.78 is 20.0. The molecule has 0 fully saturated rings. The third kappa shape index (κ3) is 2.27. The van der Waals surface area contributed by atoms with Gasteiger partial charge < -0.3 is 9.47 Å². The van der Waals surface area contributed by atoms with E-state index in [9.17, 15) is 0 Å². The van der Waals surface area contributed by atoms with Gasteiger partial charge in [-0.25, -0.2) is 0 Å². The van der Waals surface area contributed by atoms with Crippen LogP contribution in [-0.2, 0) is 5.66 Å². The highest BCUT2D eigenvalue weighted by Gasteiger charge is 2.73. The molecule has 4 aromatic carbocycles. The van der Waals surface area contributed by atoms with Gasteiger partial charge in [-0.2, -0.15) is 0 Å². The molecule has 0 N–H and O–H groups in total. The molecule has 7 heteroatoms. The van der Waals surface area contributed by atoms with Gasteiger partial charge in [0.05, 0.1) is 10.9 Å². The van der Waals surface area contributed by atoms with Crippen LogP contribution in [0.4, 0.5) is 0 Å². The predicted molar refractivity (Wildman–Crippen MR) is 152 cm³/mol. The summed E-state index contributed by atoms with van der Waals surface area (Å²) in [5, 5.41) is 7.99. The molecular weight excluding hydrogens is 516 g/mol. The Balaban J connectivity index is 1.33. The maximum atomic E-state index is 6.51. The Kier molecular flexibility index (Phi) is 3.63. The predicted octanol–water partition coefficient (Wildman–Crippen LogP) is 6.61. The van der Waals surface area contributed by atoms with Gasteiger partial charge in [0.1, 0.15) is 22.9 Å². The number of pyridine rings is 1. The molecule has 6 heterocycles. The molecule has 1 spiro atoms. The summed E-state index contributed by atoms with van der Waals surface area (Å²) in [7, 11) is 0. The van der Waals surface area contributed by atoms with Crippen molar-refractivity contribution in [3.63, 3.8) is 0 Å². The lowest BCUT2D eigenvalue weighted by atomic mass is 9.85. The van der Waals surface area contributed by atoms with E-state index in [-0.39, 0.29) is 0 Å². The smallest absolute Gasteiger partial charge is 0.455 e. The van der Waals surface area contributed by atoms with E-state index in [2.05, 4.69) is 81.8 Å². The number of hydrogen-bond donors (Lipinski definition) is 0. The zero-order valence-electron chi connectivity index (χ0n) is 21.3. The number of rotatable bonds is 1. The van der Waals surface area contributed by atoms with Crippen LogP contribution in [-0.4, -0.2) is 9.78 Å². The lowest BCUT2D eigenvalue weighted by Crippen LogP contribution is -2.77. The fourth-order valence-corrected chi connectivity index (χ4v) is 8.01. The van der Waals surface area contributed by atoms with Crippen molar-refractivity contribution in [1.29, 1.82) is 0 Å². The molecule has 10 rings (SSSR count). The fraction of sp³-hybridized carbons (Fsp3) is 0.0606. The van der Waals surface area contributed by atoms with Gasteiger partial charge in [-0.3, -0.25) is 0 Å². The van der Waals surface area contributed by atoms with Crippen molar-refractivity contribution in [2.45, 2.75) is 12.6 Å². The van der Waals surface area contributed by atoms with Gasteiger partial charge in [-0.15, -0.1) is 11.3 Å². The fourth-order valence-electron chi connectivity index (χ4n) is 6.92. The average molecular weight is 537 g/mol. The highest BCUT2D eigenvalue weighted by Crippen LogP contribution is 2.55. The topological polar surface area (TPSA) is 44.0 Å². The van der Waals surface area contributed by atoms with E-state index in [1.54, 1.807) is 0 Å². The number of nitrogens with zero attached hydrogens (tertiary/aromatic N) is 4. The van der Waals surface area contributed by atoms with Crippen molar-refractivity contribution in [1.82, 2.24) is 9.78 Å². The van der Waals surface area contributed by atoms with E-state index in [1.807, 2.05) is 53.8 Å². The lowest BCUT2D eigenvalue weighted by molar-refractivity contribution is -1.02. The minimum Gasteiger partial charge on any atom is -0.455 e. The molecule has 1 unspecified atom stereocenters. The van der Waals surface area contributed by atoms with Crippen LogP contribution in [0.1, 0.15) is 16.8 Å². The Bertz CT molecular complexity index is 2250.